The van der Waals surface area contributed by atoms with Gasteiger partial charge in [0.1, 0.15) is 18.1 Å². The minimum absolute atomic E-state index is 0.107. The number of imidazole rings is 1. The lowest BCUT2D eigenvalue weighted by atomic mass is 10.0. The highest BCUT2D eigenvalue weighted by Crippen LogP contribution is 2.06. The Kier molecular flexibility index (Phi) is 10.4. The number of nitrogens with two attached hydrogens (primary N) is 2. The number of nitrogens with zero attached hydrogens (tertiary/aromatic N) is 1. The van der Waals surface area contributed by atoms with Gasteiger partial charge in [0.2, 0.25) is 23.6 Å². The molecule has 1 aromatic rings. The first-order valence-corrected chi connectivity index (χ1v) is 10.2. The van der Waals surface area contributed by atoms with E-state index in [9.17, 15) is 34.2 Å². The van der Waals surface area contributed by atoms with Crippen LogP contribution in [0, 0.1) is 5.92 Å². The number of carboxylic acids is 1. The summed E-state index contributed by atoms with van der Waals surface area (Å²) in [4.78, 5) is 66.7. The van der Waals surface area contributed by atoms with Crippen LogP contribution in [-0.4, -0.2) is 80.1 Å². The maximum atomic E-state index is 12.8. The average Bonchev–Trinajstić information content (AvgIpc) is 3.21. The first-order valence-electron chi connectivity index (χ1n) is 10.2. The van der Waals surface area contributed by atoms with Crippen LogP contribution in [0.25, 0.3) is 0 Å². The van der Waals surface area contributed by atoms with E-state index in [1.54, 1.807) is 13.8 Å². The van der Waals surface area contributed by atoms with Crippen molar-refractivity contribution in [2.24, 2.45) is 17.4 Å². The molecule has 0 bridgehead atoms. The molecule has 1 rings (SSSR count). The fraction of sp³-hybridized carbons (Fsp3) is 0.579. The third kappa shape index (κ3) is 8.86. The molecule has 0 saturated carbocycles. The Morgan fingerprint density at radius 1 is 1.03 bits per heavy atom. The number of aromatic amines is 1. The molecule has 5 atom stereocenters. The van der Waals surface area contributed by atoms with Crippen LogP contribution in [0.2, 0.25) is 0 Å². The van der Waals surface area contributed by atoms with Crippen LogP contribution in [0.4, 0.5) is 0 Å². The summed E-state index contributed by atoms with van der Waals surface area (Å²) in [5.41, 5.74) is 11.1. The van der Waals surface area contributed by atoms with Gasteiger partial charge in [-0.05, 0) is 12.8 Å². The quantitative estimate of drug-likeness (QED) is 0.144. The summed E-state index contributed by atoms with van der Waals surface area (Å²) in [7, 11) is 0. The average molecular weight is 469 g/mol. The van der Waals surface area contributed by atoms with Crippen molar-refractivity contribution in [1.82, 2.24) is 25.9 Å². The van der Waals surface area contributed by atoms with Gasteiger partial charge >= 0.3 is 5.97 Å². The molecule has 10 N–H and O–H groups in total. The van der Waals surface area contributed by atoms with Crippen molar-refractivity contribution in [2.45, 2.75) is 63.9 Å². The normalized spacial score (nSPS) is 15.6. The number of amides is 4. The van der Waals surface area contributed by atoms with Crippen LogP contribution in [0.5, 0.6) is 0 Å². The van der Waals surface area contributed by atoms with E-state index >= 15 is 0 Å². The number of aliphatic hydroxyl groups is 1. The van der Waals surface area contributed by atoms with Crippen molar-refractivity contribution >= 4 is 29.6 Å². The van der Waals surface area contributed by atoms with E-state index < -0.39 is 72.2 Å². The second-order valence-corrected chi connectivity index (χ2v) is 7.91. The number of hydrogen-bond donors (Lipinski definition) is 8. The number of nitrogens with one attached hydrogen (secondary N) is 4. The number of carbonyl (C=O) groups is 5. The summed E-state index contributed by atoms with van der Waals surface area (Å²) in [5, 5.41) is 26.4. The zero-order valence-corrected chi connectivity index (χ0v) is 18.6. The van der Waals surface area contributed by atoms with Crippen LogP contribution in [0.15, 0.2) is 12.5 Å². The SMILES string of the molecule is CC(C)C(NC(=O)C(N)CC(N)=O)C(=O)NC(C(=O)NC(Cc1cnc[nH]1)C(=O)O)C(C)O. The Morgan fingerprint density at radius 2 is 1.61 bits per heavy atom. The van der Waals surface area contributed by atoms with Crippen LogP contribution in [0.1, 0.15) is 32.9 Å². The van der Waals surface area contributed by atoms with Gasteiger partial charge < -0.3 is 42.6 Å². The van der Waals surface area contributed by atoms with Crippen LogP contribution < -0.4 is 27.4 Å². The van der Waals surface area contributed by atoms with E-state index in [1.165, 1.54) is 19.4 Å². The number of aliphatic hydroxyl groups excluding tert-OH is 1. The maximum absolute atomic E-state index is 12.8. The molecule has 0 aliphatic heterocycles. The summed E-state index contributed by atoms with van der Waals surface area (Å²) in [5.74, 6) is -5.14. The minimum Gasteiger partial charge on any atom is -0.480 e. The highest BCUT2D eigenvalue weighted by molar-refractivity contribution is 5.95. The fourth-order valence-corrected chi connectivity index (χ4v) is 2.83. The molecule has 0 saturated heterocycles. The maximum Gasteiger partial charge on any atom is 0.326 e. The Labute approximate surface area is 189 Å². The molecule has 0 aliphatic rings. The molecule has 0 aromatic carbocycles. The van der Waals surface area contributed by atoms with Crippen molar-refractivity contribution in [3.8, 4) is 0 Å². The number of H-pyrrole nitrogens is 1. The number of rotatable bonds is 13. The standard InChI is InChI=1S/C19H31N7O7/c1-8(2)14(25-16(29)11(20)5-13(21)28)17(30)26-15(9(3)27)18(31)24-12(19(32)33)4-10-6-22-7-23-10/h6-9,11-12,14-15,27H,4-5,20H2,1-3H3,(H2,21,28)(H,22,23)(H,24,31)(H,25,29)(H,26,30)(H,32,33). The summed E-state index contributed by atoms with van der Waals surface area (Å²) in [6.07, 6.45) is 0.823. The Morgan fingerprint density at radius 3 is 2.06 bits per heavy atom. The molecule has 0 radical (unpaired) electrons. The van der Waals surface area contributed by atoms with Crippen LogP contribution in [0.3, 0.4) is 0 Å². The number of aromatic nitrogens is 2. The molecule has 33 heavy (non-hydrogen) atoms. The lowest BCUT2D eigenvalue weighted by molar-refractivity contribution is -0.143. The van der Waals surface area contributed by atoms with Gasteiger partial charge in [0.25, 0.3) is 0 Å². The molecule has 1 heterocycles. The lowest BCUT2D eigenvalue weighted by Gasteiger charge is -2.28. The Balaban J connectivity index is 2.90. The molecular weight excluding hydrogens is 438 g/mol. The minimum atomic E-state index is -1.52. The van der Waals surface area contributed by atoms with Gasteiger partial charge in [0.15, 0.2) is 0 Å². The van der Waals surface area contributed by atoms with Gasteiger partial charge in [-0.15, -0.1) is 0 Å². The largest absolute Gasteiger partial charge is 0.480 e. The highest BCUT2D eigenvalue weighted by atomic mass is 16.4. The predicted molar refractivity (Wildman–Crippen MR) is 114 cm³/mol. The molecule has 14 heteroatoms. The molecule has 184 valence electrons. The second-order valence-electron chi connectivity index (χ2n) is 7.91. The molecule has 1 aromatic heterocycles. The smallest absolute Gasteiger partial charge is 0.326 e. The highest BCUT2D eigenvalue weighted by Gasteiger charge is 2.34. The zero-order valence-electron chi connectivity index (χ0n) is 18.6. The predicted octanol–water partition coefficient (Wildman–Crippen LogP) is -3.27. The van der Waals surface area contributed by atoms with Gasteiger partial charge in [-0.1, -0.05) is 13.8 Å². The van der Waals surface area contributed by atoms with Gasteiger partial charge in [-0.25, -0.2) is 9.78 Å². The number of aliphatic carboxylic acids is 1. The van der Waals surface area contributed by atoms with E-state index in [4.69, 9.17) is 11.5 Å². The second kappa shape index (κ2) is 12.5. The van der Waals surface area contributed by atoms with Crippen molar-refractivity contribution < 1.29 is 34.2 Å². The van der Waals surface area contributed by atoms with E-state index in [1.807, 2.05) is 0 Å². The monoisotopic (exact) mass is 469 g/mol. The van der Waals surface area contributed by atoms with Gasteiger partial charge in [0, 0.05) is 18.3 Å². The molecule has 14 nitrogen and oxygen atoms in total. The van der Waals surface area contributed by atoms with E-state index in [-0.39, 0.29) is 6.42 Å². The number of carboxylic acid groups (broad SMARTS) is 1. The van der Waals surface area contributed by atoms with Gasteiger partial charge in [-0.3, -0.25) is 19.2 Å². The fourth-order valence-electron chi connectivity index (χ4n) is 2.83. The summed E-state index contributed by atoms with van der Waals surface area (Å²) < 4.78 is 0. The van der Waals surface area contributed by atoms with Gasteiger partial charge in [-0.2, -0.15) is 0 Å². The van der Waals surface area contributed by atoms with Crippen LogP contribution >= 0.6 is 0 Å². The lowest BCUT2D eigenvalue weighted by Crippen LogP contribution is -2.61. The number of hydrogen-bond acceptors (Lipinski definition) is 8. The third-order valence-corrected chi connectivity index (χ3v) is 4.66. The molecular formula is C19H31N7O7. The van der Waals surface area contributed by atoms with Crippen molar-refractivity contribution in [2.75, 3.05) is 0 Å². The summed E-state index contributed by atoms with van der Waals surface area (Å²) in [6.45, 7) is 4.47. The summed E-state index contributed by atoms with van der Waals surface area (Å²) in [6, 6.07) is -5.31. The first-order chi connectivity index (χ1) is 15.3. The van der Waals surface area contributed by atoms with E-state index in [0.717, 1.165) is 0 Å². The first kappa shape index (κ1) is 27.5. The number of primary amides is 1. The van der Waals surface area contributed by atoms with Crippen LogP contribution in [-0.2, 0) is 30.4 Å². The topological polar surface area (TPSA) is 243 Å². The number of carbonyl (C=O) groups excluding carboxylic acids is 4. The third-order valence-electron chi connectivity index (χ3n) is 4.66. The van der Waals surface area contributed by atoms with E-state index in [0.29, 0.717) is 5.69 Å². The molecule has 0 spiro atoms. The van der Waals surface area contributed by atoms with Crippen molar-refractivity contribution in [1.29, 1.82) is 0 Å². The van der Waals surface area contributed by atoms with Crippen molar-refractivity contribution in [3.63, 3.8) is 0 Å². The molecule has 5 unspecified atom stereocenters. The molecule has 4 amide bonds. The summed E-state index contributed by atoms with van der Waals surface area (Å²) >= 11 is 0. The molecule has 0 fully saturated rings. The Bertz CT molecular complexity index is 842. The van der Waals surface area contributed by atoms with Gasteiger partial charge in [0.05, 0.1) is 24.9 Å². The van der Waals surface area contributed by atoms with Crippen molar-refractivity contribution in [3.05, 3.63) is 18.2 Å². The molecule has 0 aliphatic carbocycles. The Hall–Kier alpha value is -3.52. The zero-order chi connectivity index (χ0) is 25.3. The van der Waals surface area contributed by atoms with E-state index in [2.05, 4.69) is 25.9 Å².